The van der Waals surface area contributed by atoms with Gasteiger partial charge in [-0.15, -0.1) is 0 Å². The van der Waals surface area contributed by atoms with Gasteiger partial charge in [0.1, 0.15) is 0 Å². The maximum absolute atomic E-state index is 15.5. The van der Waals surface area contributed by atoms with Crippen LogP contribution >= 0.6 is 0 Å². The molecule has 3 rings (SSSR count). The third-order valence-corrected chi connectivity index (χ3v) is 8.92. The third kappa shape index (κ3) is 9.37. The van der Waals surface area contributed by atoms with E-state index < -0.39 is 0 Å². The average molecular weight is 534 g/mol. The van der Waals surface area contributed by atoms with Crippen molar-refractivity contribution in [2.45, 2.75) is 135 Å². The van der Waals surface area contributed by atoms with Crippen LogP contribution in [0.2, 0.25) is 0 Å². The van der Waals surface area contributed by atoms with Crippen LogP contribution in [0.25, 0.3) is 11.1 Å². The van der Waals surface area contributed by atoms with Gasteiger partial charge in [0.25, 0.3) is 0 Å². The topological polar surface area (TPSA) is 33.0 Å². The molecule has 0 radical (unpaired) electrons. The van der Waals surface area contributed by atoms with Gasteiger partial charge >= 0.3 is 0 Å². The Bertz CT molecular complexity index is 1030. The van der Waals surface area contributed by atoms with Crippen molar-refractivity contribution in [2.75, 3.05) is 7.11 Å². The lowest BCUT2D eigenvalue weighted by molar-refractivity contribution is 0.302. The Hall–Kier alpha value is -2.34. The van der Waals surface area contributed by atoms with E-state index in [-0.39, 0.29) is 11.6 Å². The number of hydrogen-bond donors (Lipinski definition) is 0. The summed E-state index contributed by atoms with van der Waals surface area (Å²) in [6, 6.07) is 12.5. The first-order valence-corrected chi connectivity index (χ1v) is 16.0. The van der Waals surface area contributed by atoms with Crippen molar-refractivity contribution >= 4 is 0 Å². The summed E-state index contributed by atoms with van der Waals surface area (Å²) in [6.07, 6.45) is 22.4. The Labute approximate surface area is 238 Å². The van der Waals surface area contributed by atoms with Gasteiger partial charge in [-0.3, -0.25) is 0 Å². The summed E-state index contributed by atoms with van der Waals surface area (Å²) in [6.45, 7) is 4.50. The maximum Gasteiger partial charge on any atom is 0.168 e. The lowest BCUT2D eigenvalue weighted by Gasteiger charge is -2.29. The van der Waals surface area contributed by atoms with Gasteiger partial charge in [0, 0.05) is 11.1 Å². The second-order valence-corrected chi connectivity index (χ2v) is 11.8. The van der Waals surface area contributed by atoms with E-state index in [4.69, 9.17) is 4.74 Å². The van der Waals surface area contributed by atoms with Crippen LogP contribution in [-0.2, 0) is 6.42 Å². The number of hydrogen-bond acceptors (Lipinski definition) is 2. The molecule has 0 atom stereocenters. The summed E-state index contributed by atoms with van der Waals surface area (Å²) in [5.41, 5.74) is 4.02. The first-order chi connectivity index (χ1) is 19.1. The van der Waals surface area contributed by atoms with Gasteiger partial charge in [-0.2, -0.15) is 5.26 Å². The molecule has 0 heterocycles. The van der Waals surface area contributed by atoms with E-state index in [9.17, 15) is 5.26 Å². The van der Waals surface area contributed by atoms with Gasteiger partial charge < -0.3 is 4.74 Å². The molecule has 1 aliphatic carbocycles. The van der Waals surface area contributed by atoms with Gasteiger partial charge in [0.05, 0.1) is 18.7 Å². The molecule has 2 aromatic carbocycles. The molecule has 214 valence electrons. The highest BCUT2D eigenvalue weighted by Crippen LogP contribution is 2.41. The smallest absolute Gasteiger partial charge is 0.168 e. The fourth-order valence-electron chi connectivity index (χ4n) is 6.44. The monoisotopic (exact) mass is 533 g/mol. The van der Waals surface area contributed by atoms with Crippen LogP contribution in [0.3, 0.4) is 0 Å². The molecule has 0 aliphatic heterocycles. The van der Waals surface area contributed by atoms with E-state index in [1.54, 1.807) is 0 Å². The van der Waals surface area contributed by atoms with Crippen molar-refractivity contribution < 1.29 is 9.13 Å². The molecule has 2 aromatic rings. The van der Waals surface area contributed by atoms with Crippen LogP contribution in [-0.4, -0.2) is 7.11 Å². The summed E-state index contributed by atoms with van der Waals surface area (Å²) >= 11 is 0. The fraction of sp³-hybridized carbons (Fsp3) is 0.639. The number of methoxy groups -OCH3 is 1. The minimum Gasteiger partial charge on any atom is -0.493 e. The van der Waals surface area contributed by atoms with Crippen LogP contribution in [0.4, 0.5) is 4.39 Å². The van der Waals surface area contributed by atoms with E-state index in [1.807, 2.05) is 18.2 Å². The van der Waals surface area contributed by atoms with Crippen LogP contribution in [0.1, 0.15) is 146 Å². The van der Waals surface area contributed by atoms with Crippen molar-refractivity contribution in [3.8, 4) is 22.9 Å². The van der Waals surface area contributed by atoms with E-state index >= 15 is 4.39 Å². The quantitative estimate of drug-likeness (QED) is 0.189. The van der Waals surface area contributed by atoms with Crippen molar-refractivity contribution in [2.24, 2.45) is 5.92 Å². The number of halogens is 1. The molecule has 0 bridgehead atoms. The van der Waals surface area contributed by atoms with Gasteiger partial charge in [0.2, 0.25) is 0 Å². The van der Waals surface area contributed by atoms with Crippen LogP contribution in [0.15, 0.2) is 30.3 Å². The molecule has 0 amide bonds. The van der Waals surface area contributed by atoms with Crippen molar-refractivity contribution in [1.82, 2.24) is 0 Å². The largest absolute Gasteiger partial charge is 0.493 e. The maximum atomic E-state index is 15.5. The Morgan fingerprint density at radius 3 is 2.05 bits per heavy atom. The number of nitrogens with zero attached hydrogens (tertiary/aromatic N) is 1. The lowest BCUT2D eigenvalue weighted by atomic mass is 9.76. The van der Waals surface area contributed by atoms with E-state index in [1.165, 1.54) is 109 Å². The zero-order valence-corrected chi connectivity index (χ0v) is 25.0. The predicted molar refractivity (Wildman–Crippen MR) is 163 cm³/mol. The van der Waals surface area contributed by atoms with Crippen molar-refractivity contribution in [3.05, 3.63) is 52.8 Å². The number of unbranched alkanes of at least 4 members (excludes halogenated alkanes) is 10. The molecule has 1 saturated carbocycles. The number of ether oxygens (including phenoxy) is 1. The number of rotatable bonds is 17. The van der Waals surface area contributed by atoms with Crippen LogP contribution < -0.4 is 4.74 Å². The summed E-state index contributed by atoms with van der Waals surface area (Å²) in [7, 11) is 1.53. The minimum absolute atomic E-state index is 0.263. The molecule has 0 saturated heterocycles. The SMILES string of the molecule is CCCCCCCCCc1ccc(-c2ccc(C3CCC(CCCCCCC)CC3)cc2C#N)c(OC)c1F. The molecule has 1 aliphatic rings. The van der Waals surface area contributed by atoms with Gasteiger partial charge in [-0.1, -0.05) is 115 Å². The minimum atomic E-state index is -0.276. The first-order valence-electron chi connectivity index (χ1n) is 16.0. The second kappa shape index (κ2) is 17.4. The predicted octanol–water partition coefficient (Wildman–Crippen LogP) is 11.3. The Kier molecular flexibility index (Phi) is 13.9. The fourth-order valence-corrected chi connectivity index (χ4v) is 6.44. The molecular formula is C36H52FNO. The highest BCUT2D eigenvalue weighted by molar-refractivity contribution is 5.77. The first kappa shape index (κ1) is 31.2. The van der Waals surface area contributed by atoms with Crippen LogP contribution in [0.5, 0.6) is 5.75 Å². The van der Waals surface area contributed by atoms with E-state index in [0.717, 1.165) is 30.7 Å². The van der Waals surface area contributed by atoms with Gasteiger partial charge in [-0.05, 0) is 67.6 Å². The van der Waals surface area contributed by atoms with Gasteiger partial charge in [0.15, 0.2) is 11.6 Å². The Morgan fingerprint density at radius 2 is 1.41 bits per heavy atom. The summed E-state index contributed by atoms with van der Waals surface area (Å²) in [5.74, 6) is 1.37. The highest BCUT2D eigenvalue weighted by atomic mass is 19.1. The molecule has 0 unspecified atom stereocenters. The molecule has 1 fully saturated rings. The average Bonchev–Trinajstić information content (AvgIpc) is 2.97. The molecule has 0 aromatic heterocycles. The molecule has 0 N–H and O–H groups in total. The summed E-state index contributed by atoms with van der Waals surface area (Å²) in [5, 5.41) is 10.0. The highest BCUT2D eigenvalue weighted by Gasteiger charge is 2.24. The number of aryl methyl sites for hydroxylation is 1. The summed E-state index contributed by atoms with van der Waals surface area (Å²) in [4.78, 5) is 0. The molecule has 0 spiro atoms. The summed E-state index contributed by atoms with van der Waals surface area (Å²) < 4.78 is 21.0. The zero-order valence-electron chi connectivity index (χ0n) is 25.0. The zero-order chi connectivity index (χ0) is 27.9. The van der Waals surface area contributed by atoms with E-state index in [2.05, 4.69) is 32.0 Å². The molecule has 2 nitrogen and oxygen atoms in total. The Balaban J connectivity index is 1.62. The Morgan fingerprint density at radius 1 is 0.795 bits per heavy atom. The van der Waals surface area contributed by atoms with Crippen LogP contribution in [0, 0.1) is 23.1 Å². The normalized spacial score (nSPS) is 17.2. The van der Waals surface area contributed by atoms with E-state index in [0.29, 0.717) is 22.6 Å². The third-order valence-electron chi connectivity index (χ3n) is 8.92. The molecule has 39 heavy (non-hydrogen) atoms. The lowest BCUT2D eigenvalue weighted by Crippen LogP contribution is -2.13. The molecular weight excluding hydrogens is 481 g/mol. The number of nitriles is 1. The second-order valence-electron chi connectivity index (χ2n) is 11.8. The van der Waals surface area contributed by atoms with Crippen molar-refractivity contribution in [1.29, 1.82) is 5.26 Å². The number of benzene rings is 2. The van der Waals surface area contributed by atoms with Gasteiger partial charge in [-0.25, -0.2) is 4.39 Å². The molecule has 3 heteroatoms. The standard InChI is InChI=1S/C36H52FNO/c1-4-6-8-10-11-13-15-17-30-22-25-34(36(39-3)35(30)37)33-24-23-31(26-32(33)27-38)29-20-18-28(19-21-29)16-14-12-9-7-5-2/h22-26,28-29H,4-21H2,1-3H3. The van der Waals surface area contributed by atoms with Crippen molar-refractivity contribution in [3.63, 3.8) is 0 Å².